The van der Waals surface area contributed by atoms with Gasteiger partial charge in [-0.25, -0.2) is 4.68 Å². The summed E-state index contributed by atoms with van der Waals surface area (Å²) in [6.45, 7) is 0.384. The summed E-state index contributed by atoms with van der Waals surface area (Å²) >= 11 is 0. The molecule has 1 aromatic heterocycles. The van der Waals surface area contributed by atoms with Crippen molar-refractivity contribution in [3.05, 3.63) is 66.5 Å². The summed E-state index contributed by atoms with van der Waals surface area (Å²) in [5.41, 5.74) is 7.19. The van der Waals surface area contributed by atoms with Gasteiger partial charge in [0.15, 0.2) is 0 Å². The largest absolute Gasteiger partial charge is 0.457 e. The first-order chi connectivity index (χ1) is 9.85. The van der Waals surface area contributed by atoms with E-state index in [1.807, 2.05) is 60.8 Å². The van der Waals surface area contributed by atoms with Gasteiger partial charge in [0.05, 0.1) is 17.6 Å². The van der Waals surface area contributed by atoms with E-state index in [4.69, 9.17) is 10.5 Å². The molecule has 0 aliphatic rings. The van der Waals surface area contributed by atoms with Gasteiger partial charge in [-0.3, -0.25) is 0 Å². The predicted octanol–water partition coefficient (Wildman–Crippen LogP) is 2.52. The number of hydrogen-bond acceptors (Lipinski definition) is 4. The lowest BCUT2D eigenvalue weighted by molar-refractivity contribution is 0.482. The minimum atomic E-state index is 0.384. The van der Waals surface area contributed by atoms with Crippen molar-refractivity contribution >= 4 is 0 Å². The van der Waals surface area contributed by atoms with Crippen LogP contribution in [0.15, 0.2) is 60.8 Å². The van der Waals surface area contributed by atoms with Gasteiger partial charge in [-0.05, 0) is 36.4 Å². The minimum Gasteiger partial charge on any atom is -0.457 e. The Morgan fingerprint density at radius 2 is 1.65 bits per heavy atom. The van der Waals surface area contributed by atoms with Crippen LogP contribution in [0.5, 0.6) is 11.5 Å². The molecule has 3 rings (SSSR count). The Balaban J connectivity index is 1.77. The molecular formula is C15H14N4O. The normalized spacial score (nSPS) is 10.4. The summed E-state index contributed by atoms with van der Waals surface area (Å²) in [5.74, 6) is 1.59. The van der Waals surface area contributed by atoms with E-state index >= 15 is 0 Å². The molecule has 0 spiro atoms. The maximum absolute atomic E-state index is 5.73. The number of aromatic nitrogens is 3. The van der Waals surface area contributed by atoms with Crippen molar-refractivity contribution in [3.63, 3.8) is 0 Å². The molecule has 5 nitrogen and oxygen atoms in total. The Hall–Kier alpha value is -2.66. The van der Waals surface area contributed by atoms with Crippen LogP contribution in [0.25, 0.3) is 5.69 Å². The molecule has 1 heterocycles. The molecule has 0 amide bonds. The first-order valence-corrected chi connectivity index (χ1v) is 6.30. The number of nitrogens with zero attached hydrogens (tertiary/aromatic N) is 3. The second-order valence-corrected chi connectivity index (χ2v) is 4.27. The molecule has 3 aromatic rings. The van der Waals surface area contributed by atoms with Gasteiger partial charge in [0, 0.05) is 6.54 Å². The number of rotatable bonds is 4. The number of para-hydroxylation sites is 1. The molecule has 0 unspecified atom stereocenters. The molecule has 0 aliphatic heterocycles. The molecule has 0 saturated heterocycles. The quantitative estimate of drug-likeness (QED) is 0.788. The SMILES string of the molecule is NCc1cn(-c2ccc(Oc3ccccc3)cc2)nn1. The molecule has 0 saturated carbocycles. The average Bonchev–Trinajstić information content (AvgIpc) is 2.98. The van der Waals surface area contributed by atoms with E-state index in [9.17, 15) is 0 Å². The lowest BCUT2D eigenvalue weighted by Gasteiger charge is -2.06. The maximum Gasteiger partial charge on any atom is 0.127 e. The van der Waals surface area contributed by atoms with E-state index in [1.54, 1.807) is 4.68 Å². The van der Waals surface area contributed by atoms with Crippen LogP contribution in [0.1, 0.15) is 5.69 Å². The van der Waals surface area contributed by atoms with Crippen LogP contribution >= 0.6 is 0 Å². The highest BCUT2D eigenvalue weighted by Crippen LogP contribution is 2.21. The molecule has 2 N–H and O–H groups in total. The first kappa shape index (κ1) is 12.4. The van der Waals surface area contributed by atoms with E-state index < -0.39 is 0 Å². The van der Waals surface area contributed by atoms with Crippen molar-refractivity contribution in [1.82, 2.24) is 15.0 Å². The van der Waals surface area contributed by atoms with Crippen LogP contribution in [0.4, 0.5) is 0 Å². The zero-order valence-electron chi connectivity index (χ0n) is 10.8. The highest BCUT2D eigenvalue weighted by molar-refractivity contribution is 5.38. The predicted molar refractivity (Wildman–Crippen MR) is 75.8 cm³/mol. The number of ether oxygens (including phenoxy) is 1. The topological polar surface area (TPSA) is 66.0 Å². The van der Waals surface area contributed by atoms with Crippen LogP contribution in [0, 0.1) is 0 Å². The van der Waals surface area contributed by atoms with Crippen molar-refractivity contribution in [1.29, 1.82) is 0 Å². The molecule has 20 heavy (non-hydrogen) atoms. The highest BCUT2D eigenvalue weighted by Gasteiger charge is 2.02. The first-order valence-electron chi connectivity index (χ1n) is 6.30. The highest BCUT2D eigenvalue weighted by atomic mass is 16.5. The van der Waals surface area contributed by atoms with E-state index in [-0.39, 0.29) is 0 Å². The molecular weight excluding hydrogens is 252 g/mol. The smallest absolute Gasteiger partial charge is 0.127 e. The van der Waals surface area contributed by atoms with Gasteiger partial charge in [0.25, 0.3) is 0 Å². The lowest BCUT2D eigenvalue weighted by Crippen LogP contribution is -1.96. The lowest BCUT2D eigenvalue weighted by atomic mass is 10.3. The fourth-order valence-electron chi connectivity index (χ4n) is 1.81. The average molecular weight is 266 g/mol. The Morgan fingerprint density at radius 3 is 2.30 bits per heavy atom. The third-order valence-corrected chi connectivity index (χ3v) is 2.83. The number of benzene rings is 2. The van der Waals surface area contributed by atoms with Gasteiger partial charge in [-0.1, -0.05) is 23.4 Å². The number of nitrogens with two attached hydrogens (primary N) is 1. The molecule has 0 radical (unpaired) electrons. The van der Waals surface area contributed by atoms with Crippen LogP contribution < -0.4 is 10.5 Å². The van der Waals surface area contributed by atoms with Crippen molar-refractivity contribution in [3.8, 4) is 17.2 Å². The summed E-state index contributed by atoms with van der Waals surface area (Å²) in [7, 11) is 0. The van der Waals surface area contributed by atoms with Gasteiger partial charge in [0.1, 0.15) is 11.5 Å². The summed E-state index contributed by atoms with van der Waals surface area (Å²) in [4.78, 5) is 0. The van der Waals surface area contributed by atoms with Gasteiger partial charge < -0.3 is 10.5 Å². The summed E-state index contributed by atoms with van der Waals surface area (Å²) in [6, 6.07) is 17.3. The zero-order chi connectivity index (χ0) is 13.8. The summed E-state index contributed by atoms with van der Waals surface area (Å²) in [5, 5.41) is 7.97. The molecule has 0 atom stereocenters. The second kappa shape index (κ2) is 5.54. The van der Waals surface area contributed by atoms with E-state index in [0.717, 1.165) is 22.9 Å². The fraction of sp³-hybridized carbons (Fsp3) is 0.0667. The third kappa shape index (κ3) is 2.67. The third-order valence-electron chi connectivity index (χ3n) is 2.83. The zero-order valence-corrected chi connectivity index (χ0v) is 10.8. The van der Waals surface area contributed by atoms with Crippen LogP contribution in [-0.4, -0.2) is 15.0 Å². The van der Waals surface area contributed by atoms with Crippen LogP contribution in [-0.2, 0) is 6.54 Å². The van der Waals surface area contributed by atoms with E-state index in [1.165, 1.54) is 0 Å². The summed E-state index contributed by atoms with van der Waals surface area (Å²) < 4.78 is 7.42. The molecule has 100 valence electrons. The molecule has 2 aromatic carbocycles. The molecule has 0 aliphatic carbocycles. The van der Waals surface area contributed by atoms with Crippen molar-refractivity contribution in [2.45, 2.75) is 6.54 Å². The summed E-state index contributed by atoms with van der Waals surface area (Å²) in [6.07, 6.45) is 1.81. The fourth-order valence-corrected chi connectivity index (χ4v) is 1.81. The molecule has 5 heteroatoms. The van der Waals surface area contributed by atoms with Gasteiger partial charge >= 0.3 is 0 Å². The van der Waals surface area contributed by atoms with E-state index in [0.29, 0.717) is 6.54 Å². The Morgan fingerprint density at radius 1 is 0.950 bits per heavy atom. The van der Waals surface area contributed by atoms with Crippen molar-refractivity contribution < 1.29 is 4.74 Å². The van der Waals surface area contributed by atoms with Crippen molar-refractivity contribution in [2.24, 2.45) is 5.73 Å². The van der Waals surface area contributed by atoms with Crippen LogP contribution in [0.3, 0.4) is 0 Å². The van der Waals surface area contributed by atoms with Gasteiger partial charge in [-0.2, -0.15) is 0 Å². The van der Waals surface area contributed by atoms with Crippen LogP contribution in [0.2, 0.25) is 0 Å². The number of hydrogen-bond donors (Lipinski definition) is 1. The second-order valence-electron chi connectivity index (χ2n) is 4.27. The Kier molecular flexibility index (Phi) is 3.43. The maximum atomic E-state index is 5.73. The van der Waals surface area contributed by atoms with Gasteiger partial charge in [-0.15, -0.1) is 5.10 Å². The Bertz CT molecular complexity index is 677. The monoisotopic (exact) mass is 266 g/mol. The molecule has 0 bridgehead atoms. The van der Waals surface area contributed by atoms with Gasteiger partial charge in [0.2, 0.25) is 0 Å². The van der Waals surface area contributed by atoms with E-state index in [2.05, 4.69) is 10.3 Å². The molecule has 0 fully saturated rings. The van der Waals surface area contributed by atoms with Crippen molar-refractivity contribution in [2.75, 3.05) is 0 Å². The minimum absolute atomic E-state index is 0.384. The Labute approximate surface area is 116 Å². The standard InChI is InChI=1S/C15H14N4O/c16-10-12-11-19(18-17-12)13-6-8-15(9-7-13)20-14-4-2-1-3-5-14/h1-9,11H,10,16H2.